The molecule has 0 aromatic heterocycles. The number of rotatable bonds is 8. The molecule has 0 bridgehead atoms. The Morgan fingerprint density at radius 2 is 1.89 bits per heavy atom. The first kappa shape index (κ1) is 27.8. The van der Waals surface area contributed by atoms with Gasteiger partial charge in [-0.1, -0.05) is 13.8 Å². The van der Waals surface area contributed by atoms with Gasteiger partial charge in [0, 0.05) is 40.7 Å². The number of aliphatic hydroxyl groups is 3. The van der Waals surface area contributed by atoms with Crippen LogP contribution in [0.1, 0.15) is 68.4 Å². The van der Waals surface area contributed by atoms with Crippen molar-refractivity contribution < 1.29 is 39.2 Å². The zero-order valence-electron chi connectivity index (χ0n) is 22.1. The van der Waals surface area contributed by atoms with Gasteiger partial charge in [-0.05, 0) is 58.5 Å². The maximum absolute atomic E-state index is 16.2. The standard InChI is InChI=1S/C28H35FN2O7/c1-5-7-31(6-2)13(3)8-18-22(29)17-10-15-9-16-11-19(33)14(4)26(36)28(16,38)27(37)20(15)24(34)21(17)25(35)23(18)30-12-32/h12-13,15-16,33,35,37-38H,5-11H2,1-4H3,(H,30,32)/t13?,15?,16-,28+/m0/s1. The largest absolute Gasteiger partial charge is 0.512 e. The highest BCUT2D eigenvalue weighted by molar-refractivity contribution is 6.16. The number of carbonyl (C=O) groups is 3. The van der Waals surface area contributed by atoms with E-state index in [2.05, 4.69) is 10.2 Å². The monoisotopic (exact) mass is 530 g/mol. The minimum absolute atomic E-state index is 0.0326. The maximum atomic E-state index is 16.2. The third kappa shape index (κ3) is 4.01. The van der Waals surface area contributed by atoms with Gasteiger partial charge in [0.05, 0.1) is 17.0 Å². The van der Waals surface area contributed by atoms with Gasteiger partial charge in [0.1, 0.15) is 11.6 Å². The molecule has 0 aliphatic heterocycles. The number of anilines is 1. The normalized spacial score (nSPS) is 25.8. The Morgan fingerprint density at radius 3 is 2.50 bits per heavy atom. The summed E-state index contributed by atoms with van der Waals surface area (Å²) in [5, 5.41) is 46.1. The molecule has 2 unspecified atom stereocenters. The number of aromatic hydroxyl groups is 1. The lowest BCUT2D eigenvalue weighted by molar-refractivity contribution is -0.142. The van der Waals surface area contributed by atoms with Gasteiger partial charge in [-0.15, -0.1) is 0 Å². The van der Waals surface area contributed by atoms with E-state index in [4.69, 9.17) is 0 Å². The fraction of sp³-hybridized carbons (Fsp3) is 0.536. The number of aliphatic hydroxyl groups excluding tert-OH is 2. The topological polar surface area (TPSA) is 147 Å². The fourth-order valence-corrected chi connectivity index (χ4v) is 6.47. The van der Waals surface area contributed by atoms with Crippen LogP contribution >= 0.6 is 0 Å². The Bertz CT molecular complexity index is 1270. The van der Waals surface area contributed by atoms with Gasteiger partial charge >= 0.3 is 0 Å². The smallest absolute Gasteiger partial charge is 0.211 e. The van der Waals surface area contributed by atoms with Crippen molar-refractivity contribution in [3.8, 4) is 5.75 Å². The molecule has 0 heterocycles. The first-order chi connectivity index (χ1) is 17.9. The first-order valence-electron chi connectivity index (χ1n) is 13.1. The fourth-order valence-electron chi connectivity index (χ4n) is 6.47. The van der Waals surface area contributed by atoms with Crippen LogP contribution in [0, 0.1) is 17.7 Å². The number of nitrogens with one attached hydrogen (secondary N) is 1. The molecule has 4 atom stereocenters. The SMILES string of the molecule is CCCN(CC)C(C)Cc1c(F)c2c(c(O)c1NC=O)C(=O)C1=C(O)[C@]3(O)C(=O)C(C)=C(O)C[C@@H]3CC1C2. The number of hydrogen-bond acceptors (Lipinski definition) is 8. The van der Waals surface area contributed by atoms with E-state index in [1.807, 2.05) is 20.8 Å². The number of amides is 1. The predicted octanol–water partition coefficient (Wildman–Crippen LogP) is 3.49. The lowest BCUT2D eigenvalue weighted by atomic mass is 9.60. The van der Waals surface area contributed by atoms with Crippen LogP contribution in [-0.2, 0) is 22.4 Å². The number of hydrogen-bond donors (Lipinski definition) is 5. The Hall–Kier alpha value is -3.24. The number of Topliss-reactive ketones (excluding diaryl/α,β-unsaturated/α-hetero) is 2. The summed E-state index contributed by atoms with van der Waals surface area (Å²) in [5.41, 5.74) is -3.33. The van der Waals surface area contributed by atoms with Gasteiger partial charge in [0.2, 0.25) is 12.2 Å². The quantitative estimate of drug-likeness (QED) is 0.254. The minimum Gasteiger partial charge on any atom is -0.512 e. The number of likely N-dealkylation sites (N-methyl/N-ethyl adjacent to an activating group) is 1. The van der Waals surface area contributed by atoms with Crippen LogP contribution in [-0.4, -0.2) is 68.0 Å². The lowest BCUT2D eigenvalue weighted by Crippen LogP contribution is -2.55. The first-order valence-corrected chi connectivity index (χ1v) is 13.1. The number of benzene rings is 1. The molecule has 3 aliphatic rings. The second-order valence-electron chi connectivity index (χ2n) is 10.6. The van der Waals surface area contributed by atoms with Gasteiger partial charge in [-0.2, -0.15) is 0 Å². The zero-order chi connectivity index (χ0) is 28.1. The number of ketones is 2. The van der Waals surface area contributed by atoms with Crippen LogP contribution in [0.5, 0.6) is 5.75 Å². The number of halogens is 1. The van der Waals surface area contributed by atoms with Gasteiger partial charge < -0.3 is 30.6 Å². The van der Waals surface area contributed by atoms with Gasteiger partial charge in [-0.25, -0.2) is 4.39 Å². The second-order valence-corrected chi connectivity index (χ2v) is 10.6. The molecule has 0 fully saturated rings. The molecule has 9 nitrogen and oxygen atoms in total. The number of carbonyl (C=O) groups excluding carboxylic acids is 3. The van der Waals surface area contributed by atoms with Gasteiger partial charge in [0.15, 0.2) is 17.1 Å². The molecule has 1 aromatic carbocycles. The van der Waals surface area contributed by atoms with Crippen molar-refractivity contribution in [3.05, 3.63) is 45.2 Å². The number of allylic oxidation sites excluding steroid dienone is 2. The Morgan fingerprint density at radius 1 is 1.21 bits per heavy atom. The van der Waals surface area contributed by atoms with Gasteiger partial charge in [0.25, 0.3) is 0 Å². The number of phenols is 1. The Balaban J connectivity index is 1.86. The molecular formula is C28H35FN2O7. The molecule has 1 aromatic rings. The van der Waals surface area contributed by atoms with Crippen LogP contribution < -0.4 is 5.32 Å². The molecule has 0 saturated heterocycles. The van der Waals surface area contributed by atoms with Crippen molar-refractivity contribution >= 4 is 23.7 Å². The van der Waals surface area contributed by atoms with Crippen LogP contribution in [0.25, 0.3) is 0 Å². The molecule has 0 spiro atoms. The molecule has 206 valence electrons. The van der Waals surface area contributed by atoms with E-state index >= 15 is 4.39 Å². The van der Waals surface area contributed by atoms with Crippen LogP contribution in [0.4, 0.5) is 10.1 Å². The molecule has 0 radical (unpaired) electrons. The van der Waals surface area contributed by atoms with E-state index in [0.29, 0.717) is 6.41 Å². The number of fused-ring (bicyclic) bond motifs is 3. The van der Waals surface area contributed by atoms with Crippen LogP contribution in [0.2, 0.25) is 0 Å². The van der Waals surface area contributed by atoms with Gasteiger partial charge in [-0.3, -0.25) is 14.4 Å². The molecule has 3 aliphatic carbocycles. The molecule has 4 rings (SSSR count). The van der Waals surface area contributed by atoms with Crippen molar-refractivity contribution in [1.82, 2.24) is 4.90 Å². The predicted molar refractivity (Wildman–Crippen MR) is 138 cm³/mol. The summed E-state index contributed by atoms with van der Waals surface area (Å²) >= 11 is 0. The molecular weight excluding hydrogens is 495 g/mol. The minimum atomic E-state index is -2.40. The van der Waals surface area contributed by atoms with E-state index in [1.54, 1.807) is 0 Å². The third-order valence-electron chi connectivity index (χ3n) is 8.52. The van der Waals surface area contributed by atoms with Crippen LogP contribution in [0.3, 0.4) is 0 Å². The summed E-state index contributed by atoms with van der Waals surface area (Å²) in [5.74, 6) is -5.80. The molecule has 10 heteroatoms. The summed E-state index contributed by atoms with van der Waals surface area (Å²) in [6.07, 6.45) is 1.25. The highest BCUT2D eigenvalue weighted by Crippen LogP contribution is 2.52. The summed E-state index contributed by atoms with van der Waals surface area (Å²) < 4.78 is 16.2. The van der Waals surface area contributed by atoms with Crippen molar-refractivity contribution in [2.45, 2.75) is 71.4 Å². The molecule has 5 N–H and O–H groups in total. The number of nitrogens with zero attached hydrogens (tertiary/aromatic N) is 1. The van der Waals surface area contributed by atoms with E-state index in [-0.39, 0.29) is 65.4 Å². The van der Waals surface area contributed by atoms with Crippen molar-refractivity contribution in [2.75, 3.05) is 18.4 Å². The van der Waals surface area contributed by atoms with E-state index < -0.39 is 51.9 Å². The van der Waals surface area contributed by atoms with Crippen LogP contribution in [0.15, 0.2) is 22.7 Å². The maximum Gasteiger partial charge on any atom is 0.211 e. The van der Waals surface area contributed by atoms with Crippen molar-refractivity contribution in [1.29, 1.82) is 0 Å². The van der Waals surface area contributed by atoms with E-state index in [9.17, 15) is 34.8 Å². The van der Waals surface area contributed by atoms with Crippen molar-refractivity contribution in [2.24, 2.45) is 11.8 Å². The average Bonchev–Trinajstić information content (AvgIpc) is 2.88. The zero-order valence-corrected chi connectivity index (χ0v) is 22.1. The average molecular weight is 531 g/mol. The Kier molecular flexibility index (Phi) is 7.42. The molecule has 38 heavy (non-hydrogen) atoms. The highest BCUT2D eigenvalue weighted by atomic mass is 19.1. The summed E-state index contributed by atoms with van der Waals surface area (Å²) in [6, 6.07) is -0.131. The summed E-state index contributed by atoms with van der Waals surface area (Å²) in [4.78, 5) is 40.2. The lowest BCUT2D eigenvalue weighted by Gasteiger charge is -2.45. The van der Waals surface area contributed by atoms with E-state index in [1.165, 1.54) is 6.92 Å². The highest BCUT2D eigenvalue weighted by Gasteiger charge is 2.58. The molecule has 1 amide bonds. The third-order valence-corrected chi connectivity index (χ3v) is 8.52. The van der Waals surface area contributed by atoms with E-state index in [0.717, 1.165) is 19.5 Å². The second kappa shape index (κ2) is 10.1. The molecule has 0 saturated carbocycles. The number of phenolic OH excluding ortho intramolecular Hbond substituents is 1. The van der Waals surface area contributed by atoms with Crippen molar-refractivity contribution in [3.63, 3.8) is 0 Å². The summed E-state index contributed by atoms with van der Waals surface area (Å²) in [7, 11) is 0. The summed E-state index contributed by atoms with van der Waals surface area (Å²) in [6.45, 7) is 8.79. The Labute approximate surface area is 220 Å².